The largest absolute Gasteiger partial charge is 0.364 e. The average molecular weight is 422 g/mol. The smallest absolute Gasteiger partial charge is 0.317 e. The van der Waals surface area contributed by atoms with E-state index in [1.54, 1.807) is 0 Å². The Kier molecular flexibility index (Phi) is 6.82. The minimum absolute atomic E-state index is 0.184. The van der Waals surface area contributed by atoms with Gasteiger partial charge in [0, 0.05) is 12.8 Å². The van der Waals surface area contributed by atoms with E-state index in [0.717, 1.165) is 0 Å². The first-order valence-electron chi connectivity index (χ1n) is 9.98. The first kappa shape index (κ1) is 22.1. The summed E-state index contributed by atoms with van der Waals surface area (Å²) in [7, 11) is 0. The lowest BCUT2D eigenvalue weighted by Gasteiger charge is -2.43. The second-order valence-corrected chi connectivity index (χ2v) is 8.56. The highest BCUT2D eigenvalue weighted by Gasteiger charge is 2.56. The van der Waals surface area contributed by atoms with Crippen molar-refractivity contribution in [3.63, 3.8) is 0 Å². The van der Waals surface area contributed by atoms with Crippen LogP contribution in [0, 0.1) is 17.8 Å². The quantitative estimate of drug-likeness (QED) is 0.505. The van der Waals surface area contributed by atoms with Gasteiger partial charge in [0.25, 0.3) is 0 Å². The van der Waals surface area contributed by atoms with Crippen molar-refractivity contribution >= 4 is 0 Å². The van der Waals surface area contributed by atoms with Gasteiger partial charge in [0.2, 0.25) is 0 Å². The summed E-state index contributed by atoms with van der Waals surface area (Å²) in [6.07, 6.45) is -18.8. The molecule has 3 aliphatic rings. The normalized spacial score (nSPS) is 48.4. The van der Waals surface area contributed by atoms with Crippen LogP contribution in [-0.4, -0.2) is 49.2 Å². The lowest BCUT2D eigenvalue weighted by atomic mass is 9.69. The van der Waals surface area contributed by atoms with E-state index in [9.17, 15) is 35.1 Å². The second-order valence-electron chi connectivity index (χ2n) is 8.56. The van der Waals surface area contributed by atoms with Crippen molar-refractivity contribution in [3.8, 4) is 0 Å². The summed E-state index contributed by atoms with van der Waals surface area (Å²) in [5.74, 6) is -3.16. The van der Waals surface area contributed by atoms with Crippen molar-refractivity contribution in [1.82, 2.24) is 0 Å². The van der Waals surface area contributed by atoms with Gasteiger partial charge in [-0.25, -0.2) is 26.3 Å². The summed E-state index contributed by atoms with van der Waals surface area (Å²) in [5.41, 5.74) is 0. The minimum atomic E-state index is -4.27. The molecule has 3 fully saturated rings. The fourth-order valence-electron chi connectivity index (χ4n) is 5.08. The Labute approximate surface area is 159 Å². The summed E-state index contributed by atoms with van der Waals surface area (Å²) in [6.45, 7) is 0. The molecule has 0 aromatic carbocycles. The monoisotopic (exact) mass is 422 g/mol. The third-order valence-electron chi connectivity index (χ3n) is 6.53. The number of rotatable bonds is 4. The third kappa shape index (κ3) is 4.75. The van der Waals surface area contributed by atoms with Gasteiger partial charge >= 0.3 is 6.11 Å². The van der Waals surface area contributed by atoms with Crippen LogP contribution in [0.3, 0.4) is 0 Å². The maximum absolute atomic E-state index is 14.6. The van der Waals surface area contributed by atoms with Crippen LogP contribution in [0.1, 0.15) is 51.4 Å². The van der Waals surface area contributed by atoms with Crippen LogP contribution in [0.25, 0.3) is 0 Å². The van der Waals surface area contributed by atoms with E-state index in [1.165, 1.54) is 0 Å². The molecule has 0 heterocycles. The Morgan fingerprint density at radius 2 is 1.21 bits per heavy atom. The van der Waals surface area contributed by atoms with Crippen LogP contribution in [-0.2, 0) is 4.74 Å². The van der Waals surface area contributed by atoms with E-state index < -0.39 is 73.9 Å². The van der Waals surface area contributed by atoms with Crippen molar-refractivity contribution in [1.29, 1.82) is 0 Å². The number of hydrogen-bond acceptors (Lipinski definition) is 1. The molecule has 9 heteroatoms. The van der Waals surface area contributed by atoms with Crippen LogP contribution >= 0.6 is 0 Å². The van der Waals surface area contributed by atoms with Crippen LogP contribution in [0.5, 0.6) is 0 Å². The highest BCUT2D eigenvalue weighted by Crippen LogP contribution is 2.48. The number of halogens is 8. The van der Waals surface area contributed by atoms with Crippen LogP contribution in [0.4, 0.5) is 35.1 Å². The third-order valence-corrected chi connectivity index (χ3v) is 6.53. The Morgan fingerprint density at radius 3 is 1.75 bits per heavy atom. The zero-order chi connectivity index (χ0) is 20.6. The number of hydrogen-bond donors (Lipinski definition) is 0. The van der Waals surface area contributed by atoms with Crippen LogP contribution in [0.2, 0.25) is 0 Å². The van der Waals surface area contributed by atoms with E-state index >= 15 is 0 Å². The number of alkyl halides is 8. The molecule has 0 spiro atoms. The summed E-state index contributed by atoms with van der Waals surface area (Å²) in [6, 6.07) is 0. The standard InChI is InChI=1S/C19H26F8O/c20-11-3-1-2-9(4-11)10-5-13(21)17(14(22)6-10)19(26,27)28-12-7-15(23)18(25)16(24)8-12/h9-18H,1-8H2. The van der Waals surface area contributed by atoms with E-state index in [1.807, 2.05) is 0 Å². The van der Waals surface area contributed by atoms with Gasteiger partial charge in [-0.15, -0.1) is 0 Å². The van der Waals surface area contributed by atoms with E-state index in [2.05, 4.69) is 4.74 Å². The fourth-order valence-corrected chi connectivity index (χ4v) is 5.08. The Hall–Kier alpha value is -0.600. The molecule has 6 atom stereocenters. The second kappa shape index (κ2) is 8.64. The molecule has 1 nitrogen and oxygen atoms in total. The van der Waals surface area contributed by atoms with Crippen molar-refractivity contribution in [2.24, 2.45) is 17.8 Å². The molecule has 3 rings (SSSR count). The molecule has 3 saturated carbocycles. The first-order chi connectivity index (χ1) is 13.1. The molecule has 0 aromatic heterocycles. The summed E-state index contributed by atoms with van der Waals surface area (Å²) < 4.78 is 116. The van der Waals surface area contributed by atoms with Gasteiger partial charge in [-0.3, -0.25) is 0 Å². The molecular weight excluding hydrogens is 396 g/mol. The topological polar surface area (TPSA) is 9.23 Å². The molecule has 28 heavy (non-hydrogen) atoms. The van der Waals surface area contributed by atoms with Gasteiger partial charge in [0.05, 0.1) is 6.10 Å². The van der Waals surface area contributed by atoms with Gasteiger partial charge in [0.15, 0.2) is 6.17 Å². The maximum Gasteiger partial charge on any atom is 0.364 e. The highest BCUT2D eigenvalue weighted by molar-refractivity contribution is 4.95. The molecule has 0 saturated heterocycles. The summed E-state index contributed by atoms with van der Waals surface area (Å²) >= 11 is 0. The lowest BCUT2D eigenvalue weighted by Crippen LogP contribution is -2.52. The van der Waals surface area contributed by atoms with Gasteiger partial charge in [0.1, 0.15) is 36.8 Å². The van der Waals surface area contributed by atoms with Crippen molar-refractivity contribution in [3.05, 3.63) is 0 Å². The van der Waals surface area contributed by atoms with Crippen molar-refractivity contribution in [2.75, 3.05) is 0 Å². The van der Waals surface area contributed by atoms with E-state index in [4.69, 9.17) is 0 Å². The highest BCUT2D eigenvalue weighted by atomic mass is 19.3. The number of ether oxygens (including phenoxy) is 1. The fraction of sp³-hybridized carbons (Fsp3) is 1.00. The maximum atomic E-state index is 14.6. The van der Waals surface area contributed by atoms with Gasteiger partial charge in [-0.05, 0) is 43.9 Å². The van der Waals surface area contributed by atoms with Crippen LogP contribution < -0.4 is 0 Å². The minimum Gasteiger partial charge on any atom is -0.317 e. The molecule has 0 aromatic rings. The Bertz CT molecular complexity index is 496. The molecule has 6 unspecified atom stereocenters. The average Bonchev–Trinajstić information content (AvgIpc) is 2.58. The van der Waals surface area contributed by atoms with Gasteiger partial charge in [-0.1, -0.05) is 6.42 Å². The molecule has 3 aliphatic carbocycles. The SMILES string of the molecule is FC1CCCC(C2CC(F)C(C(F)(F)OC3CC(F)C(F)C(F)C3)C(F)C2)C1. The van der Waals surface area contributed by atoms with Crippen molar-refractivity contribution < 1.29 is 39.9 Å². The zero-order valence-electron chi connectivity index (χ0n) is 15.4. The zero-order valence-corrected chi connectivity index (χ0v) is 15.4. The molecule has 0 aliphatic heterocycles. The predicted octanol–water partition coefficient (Wildman–Crippen LogP) is 6.00. The Morgan fingerprint density at radius 1 is 0.643 bits per heavy atom. The molecule has 0 bridgehead atoms. The molecule has 164 valence electrons. The van der Waals surface area contributed by atoms with Gasteiger partial charge < -0.3 is 4.74 Å². The summed E-state index contributed by atoms with van der Waals surface area (Å²) in [5, 5.41) is 0. The van der Waals surface area contributed by atoms with Crippen molar-refractivity contribution in [2.45, 2.75) is 101 Å². The molecule has 0 amide bonds. The lowest BCUT2D eigenvalue weighted by molar-refractivity contribution is -0.323. The van der Waals surface area contributed by atoms with Crippen LogP contribution in [0.15, 0.2) is 0 Å². The van der Waals surface area contributed by atoms with E-state index in [-0.39, 0.29) is 25.2 Å². The molecule has 0 radical (unpaired) electrons. The van der Waals surface area contributed by atoms with E-state index in [0.29, 0.717) is 19.3 Å². The molecular formula is C19H26F8O. The Balaban J connectivity index is 1.62. The van der Waals surface area contributed by atoms with Gasteiger partial charge in [-0.2, -0.15) is 8.78 Å². The summed E-state index contributed by atoms with van der Waals surface area (Å²) in [4.78, 5) is 0. The molecule has 0 N–H and O–H groups in total. The first-order valence-corrected chi connectivity index (χ1v) is 9.98. The predicted molar refractivity (Wildman–Crippen MR) is 86.6 cm³/mol.